The molecule has 0 fully saturated rings. The zero-order valence-electron chi connectivity index (χ0n) is 15.1. The Hall–Kier alpha value is -2.08. The van der Waals surface area contributed by atoms with Crippen molar-refractivity contribution in [1.29, 1.82) is 0 Å². The number of amides is 1. The Morgan fingerprint density at radius 2 is 2.12 bits per heavy atom. The van der Waals surface area contributed by atoms with Crippen LogP contribution in [0.15, 0.2) is 51.6 Å². The highest BCUT2D eigenvalue weighted by molar-refractivity contribution is 8.00. The molecule has 1 unspecified atom stereocenters. The van der Waals surface area contributed by atoms with Crippen molar-refractivity contribution in [2.75, 3.05) is 6.54 Å². The molecule has 138 valence electrons. The monoisotopic (exact) mass is 371 g/mol. The highest BCUT2D eigenvalue weighted by Gasteiger charge is 2.18. The van der Waals surface area contributed by atoms with Crippen LogP contribution in [0.2, 0.25) is 0 Å². The van der Waals surface area contributed by atoms with Gasteiger partial charge in [0.05, 0.1) is 11.7 Å². The molecule has 1 aromatic heterocycles. The quantitative estimate of drug-likeness (QED) is 0.558. The molecule has 26 heavy (non-hydrogen) atoms. The number of benzene rings is 1. The number of hydrogen-bond donors (Lipinski definition) is 1. The van der Waals surface area contributed by atoms with Gasteiger partial charge in [-0.25, -0.2) is 0 Å². The summed E-state index contributed by atoms with van der Waals surface area (Å²) in [7, 11) is 0. The minimum atomic E-state index is -0.264. The SMILES string of the molecule is CC(Sc1nnc(Cc2ccccc2)o1)C(=O)NCCC1=CCCCC1. The molecule has 0 aliphatic heterocycles. The van der Waals surface area contributed by atoms with E-state index in [0.29, 0.717) is 24.1 Å². The maximum absolute atomic E-state index is 12.2. The average molecular weight is 372 g/mol. The van der Waals surface area contributed by atoms with E-state index in [4.69, 9.17) is 4.42 Å². The summed E-state index contributed by atoms with van der Waals surface area (Å²) in [6, 6.07) is 9.99. The maximum atomic E-state index is 12.2. The van der Waals surface area contributed by atoms with E-state index in [2.05, 4.69) is 21.6 Å². The van der Waals surface area contributed by atoms with Crippen LogP contribution in [-0.2, 0) is 11.2 Å². The minimum absolute atomic E-state index is 0.00854. The Morgan fingerprint density at radius 3 is 2.88 bits per heavy atom. The van der Waals surface area contributed by atoms with Gasteiger partial charge >= 0.3 is 0 Å². The third kappa shape index (κ3) is 5.73. The van der Waals surface area contributed by atoms with Gasteiger partial charge in [0.25, 0.3) is 5.22 Å². The number of hydrogen-bond acceptors (Lipinski definition) is 5. The summed E-state index contributed by atoms with van der Waals surface area (Å²) in [6.07, 6.45) is 8.79. The van der Waals surface area contributed by atoms with E-state index >= 15 is 0 Å². The van der Waals surface area contributed by atoms with Gasteiger partial charge in [-0.05, 0) is 44.6 Å². The van der Waals surface area contributed by atoms with Crippen molar-refractivity contribution in [2.45, 2.75) is 55.9 Å². The largest absolute Gasteiger partial charge is 0.416 e. The lowest BCUT2D eigenvalue weighted by Gasteiger charge is -2.14. The van der Waals surface area contributed by atoms with Gasteiger partial charge in [0, 0.05) is 6.54 Å². The third-order valence-corrected chi connectivity index (χ3v) is 5.36. The molecule has 0 saturated heterocycles. The minimum Gasteiger partial charge on any atom is -0.416 e. The van der Waals surface area contributed by atoms with Gasteiger partial charge in [0.2, 0.25) is 11.8 Å². The van der Waals surface area contributed by atoms with E-state index in [0.717, 1.165) is 12.0 Å². The van der Waals surface area contributed by atoms with Gasteiger partial charge in [0.1, 0.15) is 0 Å². The van der Waals surface area contributed by atoms with E-state index < -0.39 is 0 Å². The summed E-state index contributed by atoms with van der Waals surface area (Å²) in [6.45, 7) is 2.56. The molecular weight excluding hydrogens is 346 g/mol. The van der Waals surface area contributed by atoms with Crippen molar-refractivity contribution in [3.8, 4) is 0 Å². The van der Waals surface area contributed by atoms with Crippen LogP contribution in [0.3, 0.4) is 0 Å². The molecule has 0 bridgehead atoms. The van der Waals surface area contributed by atoms with Crippen LogP contribution in [0, 0.1) is 0 Å². The number of carbonyl (C=O) groups excluding carboxylic acids is 1. The fourth-order valence-corrected chi connectivity index (χ4v) is 3.68. The zero-order valence-corrected chi connectivity index (χ0v) is 15.9. The molecule has 6 heteroatoms. The topological polar surface area (TPSA) is 68.0 Å². The van der Waals surface area contributed by atoms with Crippen molar-refractivity contribution in [2.24, 2.45) is 0 Å². The smallest absolute Gasteiger partial charge is 0.277 e. The summed E-state index contributed by atoms with van der Waals surface area (Å²) in [5, 5.41) is 11.3. The number of rotatable bonds is 8. The van der Waals surface area contributed by atoms with Crippen LogP contribution >= 0.6 is 11.8 Å². The summed E-state index contributed by atoms with van der Waals surface area (Å²) in [5.41, 5.74) is 2.59. The first-order valence-corrected chi connectivity index (χ1v) is 10.1. The molecule has 1 N–H and O–H groups in total. The van der Waals surface area contributed by atoms with Crippen LogP contribution in [0.25, 0.3) is 0 Å². The number of aromatic nitrogens is 2. The normalized spacial score (nSPS) is 15.3. The fraction of sp³-hybridized carbons (Fsp3) is 0.450. The molecule has 2 aromatic rings. The summed E-state index contributed by atoms with van der Waals surface area (Å²) >= 11 is 1.30. The number of carbonyl (C=O) groups is 1. The van der Waals surface area contributed by atoms with E-state index in [-0.39, 0.29) is 11.2 Å². The molecule has 0 saturated carbocycles. The molecular formula is C20H25N3O2S. The molecule has 1 amide bonds. The highest BCUT2D eigenvalue weighted by Crippen LogP contribution is 2.23. The molecule has 1 heterocycles. The molecule has 1 aliphatic rings. The first-order valence-electron chi connectivity index (χ1n) is 9.19. The first kappa shape index (κ1) is 18.7. The summed E-state index contributed by atoms with van der Waals surface area (Å²) in [5.74, 6) is 0.574. The van der Waals surface area contributed by atoms with Crippen molar-refractivity contribution in [3.63, 3.8) is 0 Å². The third-order valence-electron chi connectivity index (χ3n) is 4.42. The lowest BCUT2D eigenvalue weighted by Crippen LogP contribution is -2.31. The molecule has 1 aliphatic carbocycles. The molecule has 3 rings (SSSR count). The molecule has 0 spiro atoms. The molecule has 1 aromatic carbocycles. The van der Waals surface area contributed by atoms with E-state index in [1.54, 1.807) is 0 Å². The van der Waals surface area contributed by atoms with E-state index in [1.807, 2.05) is 37.3 Å². The van der Waals surface area contributed by atoms with Crippen LogP contribution < -0.4 is 5.32 Å². The molecule has 1 atom stereocenters. The summed E-state index contributed by atoms with van der Waals surface area (Å²) in [4.78, 5) is 12.2. The van der Waals surface area contributed by atoms with Gasteiger partial charge in [-0.1, -0.05) is 53.7 Å². The van der Waals surface area contributed by atoms with Gasteiger partial charge < -0.3 is 9.73 Å². The predicted molar refractivity (Wildman–Crippen MR) is 103 cm³/mol. The van der Waals surface area contributed by atoms with Crippen molar-refractivity contribution in [1.82, 2.24) is 15.5 Å². The van der Waals surface area contributed by atoms with Gasteiger partial charge in [-0.3, -0.25) is 4.79 Å². The van der Waals surface area contributed by atoms with Crippen LogP contribution in [-0.4, -0.2) is 27.9 Å². The predicted octanol–water partition coefficient (Wildman–Crippen LogP) is 4.15. The number of allylic oxidation sites excluding steroid dienone is 1. The van der Waals surface area contributed by atoms with Gasteiger partial charge in [-0.15, -0.1) is 10.2 Å². The average Bonchev–Trinajstić information content (AvgIpc) is 3.10. The Morgan fingerprint density at radius 1 is 1.27 bits per heavy atom. The second kappa shape index (κ2) is 9.57. The van der Waals surface area contributed by atoms with Crippen LogP contribution in [0.5, 0.6) is 0 Å². The Balaban J connectivity index is 1.43. The maximum Gasteiger partial charge on any atom is 0.277 e. The standard InChI is InChI=1S/C20H25N3O2S/c1-15(19(24)21-13-12-16-8-4-2-5-9-16)26-20-23-22-18(25-20)14-17-10-6-3-7-11-17/h3,6-8,10-11,15H,2,4-5,9,12-14H2,1H3,(H,21,24). The fourth-order valence-electron chi connectivity index (χ4n) is 2.95. The van der Waals surface area contributed by atoms with Gasteiger partial charge in [-0.2, -0.15) is 0 Å². The van der Waals surface area contributed by atoms with Crippen molar-refractivity contribution >= 4 is 17.7 Å². The second-order valence-electron chi connectivity index (χ2n) is 6.53. The Labute approximate surface area is 158 Å². The number of thioether (sulfide) groups is 1. The van der Waals surface area contributed by atoms with Crippen LogP contribution in [0.4, 0.5) is 0 Å². The Bertz CT molecular complexity index is 743. The Kier molecular flexibility index (Phi) is 6.89. The highest BCUT2D eigenvalue weighted by atomic mass is 32.2. The van der Waals surface area contributed by atoms with Gasteiger partial charge in [0.15, 0.2) is 0 Å². The molecule has 0 radical (unpaired) electrons. The summed E-state index contributed by atoms with van der Waals surface area (Å²) < 4.78 is 5.66. The number of nitrogens with one attached hydrogen (secondary N) is 1. The van der Waals surface area contributed by atoms with E-state index in [9.17, 15) is 4.79 Å². The van der Waals surface area contributed by atoms with Crippen molar-refractivity contribution in [3.05, 3.63) is 53.4 Å². The van der Waals surface area contributed by atoms with E-state index in [1.165, 1.54) is 43.0 Å². The second-order valence-corrected chi connectivity index (χ2v) is 7.83. The first-order chi connectivity index (χ1) is 12.7. The lowest BCUT2D eigenvalue weighted by molar-refractivity contribution is -0.120. The van der Waals surface area contributed by atoms with Crippen LogP contribution in [0.1, 0.15) is 50.5 Å². The number of nitrogens with zero attached hydrogens (tertiary/aromatic N) is 2. The zero-order chi connectivity index (χ0) is 18.2. The lowest BCUT2D eigenvalue weighted by atomic mass is 9.97. The molecule has 5 nitrogen and oxygen atoms in total. The van der Waals surface area contributed by atoms with Crippen molar-refractivity contribution < 1.29 is 9.21 Å².